The molecule has 0 aliphatic heterocycles. The van der Waals surface area contributed by atoms with Crippen LogP contribution in [-0.4, -0.2) is 31.8 Å². The first kappa shape index (κ1) is 21.2. The maximum absolute atomic E-state index is 14.1. The Hall–Kier alpha value is -4.00. The first-order chi connectivity index (χ1) is 15.4. The van der Waals surface area contributed by atoms with E-state index in [0.29, 0.717) is 5.56 Å². The third-order valence-electron chi connectivity index (χ3n) is 5.48. The fraction of sp³-hybridized carbons (Fsp3) is 0.160. The Bertz CT molecular complexity index is 1220. The quantitative estimate of drug-likeness (QED) is 0.576. The van der Waals surface area contributed by atoms with Crippen molar-refractivity contribution >= 4 is 23.1 Å². The highest BCUT2D eigenvalue weighted by molar-refractivity contribution is 6.06. The fourth-order valence-corrected chi connectivity index (χ4v) is 3.81. The minimum atomic E-state index is -0.357. The molecule has 1 aliphatic carbocycles. The molecule has 0 fully saturated rings. The van der Waals surface area contributed by atoms with Crippen molar-refractivity contribution < 1.29 is 28.2 Å². The van der Waals surface area contributed by atoms with Crippen LogP contribution in [0.3, 0.4) is 0 Å². The number of carbonyl (C=O) groups excluding carboxylic acids is 1. The van der Waals surface area contributed by atoms with Crippen molar-refractivity contribution in [3.63, 3.8) is 0 Å². The Morgan fingerprint density at radius 1 is 1.12 bits per heavy atom. The number of aromatic hydroxyl groups is 1. The van der Waals surface area contributed by atoms with Crippen LogP contribution in [0.4, 0.5) is 4.39 Å². The molecule has 1 amide bonds. The molecule has 4 rings (SSSR count). The van der Waals surface area contributed by atoms with Gasteiger partial charge in [-0.1, -0.05) is 6.07 Å². The average Bonchev–Trinajstić information content (AvgIpc) is 3.41. The molecule has 0 bridgehead atoms. The summed E-state index contributed by atoms with van der Waals surface area (Å²) in [5.74, 6) is -0.154. The minimum Gasteiger partial charge on any atom is -0.502 e. The number of methoxy groups -OCH3 is 2. The largest absolute Gasteiger partial charge is 0.502 e. The number of phenolic OH excluding ortho intramolecular Hbond substituents is 1. The van der Waals surface area contributed by atoms with Crippen LogP contribution >= 0.6 is 0 Å². The van der Waals surface area contributed by atoms with Gasteiger partial charge >= 0.3 is 0 Å². The molecule has 3 aromatic rings. The maximum Gasteiger partial charge on any atom is 0.254 e. The Morgan fingerprint density at radius 2 is 1.84 bits per heavy atom. The summed E-state index contributed by atoms with van der Waals surface area (Å²) in [6, 6.07) is 9.57. The van der Waals surface area contributed by atoms with E-state index in [0.717, 1.165) is 33.4 Å². The molecule has 1 heterocycles. The van der Waals surface area contributed by atoms with Crippen LogP contribution in [0.25, 0.3) is 17.2 Å². The van der Waals surface area contributed by atoms with Crippen LogP contribution < -0.4 is 14.8 Å². The number of ether oxygens (including phenoxy) is 2. The Morgan fingerprint density at radius 3 is 2.47 bits per heavy atom. The summed E-state index contributed by atoms with van der Waals surface area (Å²) in [6.45, 7) is 2.16. The highest BCUT2D eigenvalue weighted by Gasteiger charge is 2.25. The van der Waals surface area contributed by atoms with Crippen LogP contribution in [0.15, 0.2) is 58.9 Å². The summed E-state index contributed by atoms with van der Waals surface area (Å²) in [5, 5.41) is 13.1. The van der Waals surface area contributed by atoms with Crippen molar-refractivity contribution in [1.29, 1.82) is 0 Å². The van der Waals surface area contributed by atoms with E-state index in [1.54, 1.807) is 24.3 Å². The van der Waals surface area contributed by atoms with E-state index >= 15 is 0 Å². The number of nitrogens with one attached hydrogen (secondary N) is 1. The number of benzene rings is 2. The van der Waals surface area contributed by atoms with Gasteiger partial charge in [0.25, 0.3) is 5.91 Å². The molecule has 6 nitrogen and oxygen atoms in total. The number of rotatable bonds is 6. The second kappa shape index (κ2) is 8.63. The monoisotopic (exact) mass is 435 g/mol. The first-order valence-electron chi connectivity index (χ1n) is 9.90. The Labute approximate surface area is 184 Å². The fourth-order valence-electron chi connectivity index (χ4n) is 3.81. The van der Waals surface area contributed by atoms with E-state index in [-0.39, 0.29) is 35.5 Å². The van der Waals surface area contributed by atoms with Gasteiger partial charge in [0.05, 0.1) is 26.0 Å². The lowest BCUT2D eigenvalue weighted by molar-refractivity contribution is 0.0958. The highest BCUT2D eigenvalue weighted by Crippen LogP contribution is 2.44. The number of halogens is 1. The summed E-state index contributed by atoms with van der Waals surface area (Å²) in [4.78, 5) is 12.4. The summed E-state index contributed by atoms with van der Waals surface area (Å²) in [7, 11) is 2.93. The first-order valence-corrected chi connectivity index (χ1v) is 9.90. The third kappa shape index (κ3) is 3.85. The second-order valence-electron chi connectivity index (χ2n) is 7.32. The van der Waals surface area contributed by atoms with Crippen LogP contribution in [0.5, 0.6) is 17.2 Å². The van der Waals surface area contributed by atoms with Gasteiger partial charge in [-0.25, -0.2) is 4.39 Å². The topological polar surface area (TPSA) is 80.9 Å². The van der Waals surface area contributed by atoms with Crippen LogP contribution in [-0.2, 0) is 0 Å². The number of carbonyl (C=O) groups is 1. The number of hydrogen-bond donors (Lipinski definition) is 2. The number of phenols is 1. The van der Waals surface area contributed by atoms with E-state index in [2.05, 4.69) is 5.32 Å². The summed E-state index contributed by atoms with van der Waals surface area (Å²) >= 11 is 0. The zero-order chi connectivity index (χ0) is 22.8. The summed E-state index contributed by atoms with van der Waals surface area (Å²) < 4.78 is 29.5. The van der Waals surface area contributed by atoms with Crippen molar-refractivity contribution in [3.8, 4) is 17.2 Å². The number of hydrogen-bond acceptors (Lipinski definition) is 5. The number of amides is 1. The van der Waals surface area contributed by atoms with Gasteiger partial charge in [-0.2, -0.15) is 0 Å². The molecular weight excluding hydrogens is 413 g/mol. The molecule has 1 aliphatic rings. The Balaban J connectivity index is 1.75. The van der Waals surface area contributed by atoms with E-state index in [1.165, 1.54) is 38.9 Å². The molecule has 32 heavy (non-hydrogen) atoms. The molecule has 0 saturated carbocycles. The van der Waals surface area contributed by atoms with Gasteiger partial charge < -0.3 is 24.3 Å². The molecule has 0 spiro atoms. The molecule has 0 atom stereocenters. The molecule has 2 aromatic carbocycles. The van der Waals surface area contributed by atoms with E-state index in [4.69, 9.17) is 13.9 Å². The molecular formula is C25H22FNO5. The van der Waals surface area contributed by atoms with Crippen molar-refractivity contribution in [2.45, 2.75) is 6.92 Å². The summed E-state index contributed by atoms with van der Waals surface area (Å²) in [5.41, 5.74) is 5.33. The number of allylic oxidation sites excluding steroid dienone is 2. The van der Waals surface area contributed by atoms with Crippen LogP contribution in [0.1, 0.15) is 34.0 Å². The molecule has 0 radical (unpaired) electrons. The zero-order valence-corrected chi connectivity index (χ0v) is 17.9. The van der Waals surface area contributed by atoms with E-state index in [9.17, 15) is 14.3 Å². The third-order valence-corrected chi connectivity index (χ3v) is 5.48. The smallest absolute Gasteiger partial charge is 0.254 e. The van der Waals surface area contributed by atoms with Crippen LogP contribution in [0.2, 0.25) is 0 Å². The van der Waals surface area contributed by atoms with Crippen molar-refractivity contribution in [2.75, 3.05) is 20.8 Å². The van der Waals surface area contributed by atoms with Crippen molar-refractivity contribution in [2.24, 2.45) is 0 Å². The van der Waals surface area contributed by atoms with Crippen LogP contribution in [0, 0.1) is 5.82 Å². The number of fused-ring (bicyclic) bond motifs is 1. The predicted octanol–water partition coefficient (Wildman–Crippen LogP) is 4.90. The highest BCUT2D eigenvalue weighted by atomic mass is 19.1. The van der Waals surface area contributed by atoms with Gasteiger partial charge in [-0.15, -0.1) is 0 Å². The lowest BCUT2D eigenvalue weighted by Crippen LogP contribution is -2.24. The normalized spacial score (nSPS) is 13.9. The standard InChI is InChI=1S/C25H22FNO5/c1-14-19(8-15-9-22(30-2)24(28)23(10-15)31-3)18-5-4-17(26)11-20(18)21(14)12-27-25(29)16-6-7-32-13-16/h4-11,13,28H,12H2,1-3H3,(H,27,29)/b19-8-. The lowest BCUT2D eigenvalue weighted by Gasteiger charge is -2.11. The van der Waals surface area contributed by atoms with Gasteiger partial charge in [-0.3, -0.25) is 4.79 Å². The zero-order valence-electron chi connectivity index (χ0n) is 17.9. The SMILES string of the molecule is COc1cc(/C=C2/C(C)=C(CNC(=O)c3ccoc3)c3cc(F)ccc32)cc(OC)c1O. The van der Waals surface area contributed by atoms with E-state index in [1.807, 2.05) is 13.0 Å². The molecule has 7 heteroatoms. The average molecular weight is 435 g/mol. The predicted molar refractivity (Wildman–Crippen MR) is 119 cm³/mol. The van der Waals surface area contributed by atoms with Crippen molar-refractivity contribution in [1.82, 2.24) is 5.32 Å². The van der Waals surface area contributed by atoms with Gasteiger partial charge in [0, 0.05) is 6.54 Å². The molecule has 2 N–H and O–H groups in total. The molecule has 0 unspecified atom stereocenters. The minimum absolute atomic E-state index is 0.0824. The van der Waals surface area contributed by atoms with Crippen molar-refractivity contribution in [3.05, 3.63) is 82.6 Å². The van der Waals surface area contributed by atoms with Gasteiger partial charge in [-0.05, 0) is 76.7 Å². The molecule has 1 aromatic heterocycles. The lowest BCUT2D eigenvalue weighted by atomic mass is 10.00. The second-order valence-corrected chi connectivity index (χ2v) is 7.32. The van der Waals surface area contributed by atoms with Gasteiger partial charge in [0.15, 0.2) is 11.5 Å². The Kier molecular flexibility index (Phi) is 5.73. The molecule has 164 valence electrons. The van der Waals surface area contributed by atoms with Gasteiger partial charge in [0.1, 0.15) is 12.1 Å². The number of furan rings is 1. The summed E-state index contributed by atoms with van der Waals surface area (Å²) in [6.07, 6.45) is 4.72. The van der Waals surface area contributed by atoms with Gasteiger partial charge in [0.2, 0.25) is 5.75 Å². The maximum atomic E-state index is 14.1. The van der Waals surface area contributed by atoms with E-state index < -0.39 is 0 Å². The molecule has 0 saturated heterocycles.